The van der Waals surface area contributed by atoms with Gasteiger partial charge in [0.05, 0.1) is 17.0 Å². The summed E-state index contributed by atoms with van der Waals surface area (Å²) in [6.07, 6.45) is 1.71. The summed E-state index contributed by atoms with van der Waals surface area (Å²) in [5.74, 6) is -2.22. The van der Waals surface area contributed by atoms with E-state index in [0.717, 1.165) is 5.69 Å². The number of ketones is 1. The fraction of sp³-hybridized carbons (Fsp3) is 0.417. The van der Waals surface area contributed by atoms with E-state index in [-0.39, 0.29) is 29.7 Å². The lowest BCUT2D eigenvalue weighted by atomic mass is 9.88. The Kier molecular flexibility index (Phi) is 3.26. The SMILES string of the molecule is O=C(O)C1CNC2C(SNC2c2ccccn2)C1=O. The lowest BCUT2D eigenvalue weighted by Crippen LogP contribution is -2.55. The van der Waals surface area contributed by atoms with Crippen LogP contribution in [0.5, 0.6) is 0 Å². The number of aromatic nitrogens is 1. The molecule has 0 radical (unpaired) electrons. The second kappa shape index (κ2) is 4.92. The highest BCUT2D eigenvalue weighted by Gasteiger charge is 2.49. The Morgan fingerprint density at radius 1 is 1.47 bits per heavy atom. The Bertz CT molecular complexity index is 510. The number of nitrogens with zero attached hydrogens (tertiary/aromatic N) is 1. The minimum Gasteiger partial charge on any atom is -0.481 e. The molecular formula is C12H13N3O3S. The minimum absolute atomic E-state index is 0.0742. The maximum atomic E-state index is 12.1. The number of aliphatic carboxylic acids is 1. The Balaban J connectivity index is 1.82. The molecule has 0 aromatic carbocycles. The number of nitrogens with one attached hydrogen (secondary N) is 2. The van der Waals surface area contributed by atoms with Crippen molar-refractivity contribution in [2.75, 3.05) is 6.54 Å². The standard InChI is InChI=1S/C12H13N3O3S/c16-10-6(12(17)18)5-14-9-8(15-19-11(9)10)7-3-1-2-4-13-7/h1-4,6,8-9,11,14-15H,5H2,(H,17,18). The number of carbonyl (C=O) groups is 2. The molecule has 2 fully saturated rings. The normalized spacial score (nSPS) is 34.0. The summed E-state index contributed by atoms with van der Waals surface area (Å²) in [5, 5.41) is 11.8. The molecule has 3 N–H and O–H groups in total. The first kappa shape index (κ1) is 12.6. The van der Waals surface area contributed by atoms with Crippen LogP contribution in [0.4, 0.5) is 0 Å². The van der Waals surface area contributed by atoms with Crippen LogP contribution in [-0.4, -0.2) is 39.7 Å². The molecule has 3 heterocycles. The summed E-state index contributed by atoms with van der Waals surface area (Å²) >= 11 is 1.29. The van der Waals surface area contributed by atoms with Crippen LogP contribution in [-0.2, 0) is 9.59 Å². The number of hydrogen-bond donors (Lipinski definition) is 3. The summed E-state index contributed by atoms with van der Waals surface area (Å²) in [4.78, 5) is 27.4. The number of carboxylic acids is 1. The third-order valence-corrected chi connectivity index (χ3v) is 4.66. The smallest absolute Gasteiger partial charge is 0.315 e. The number of pyridine rings is 1. The van der Waals surface area contributed by atoms with Gasteiger partial charge >= 0.3 is 5.97 Å². The molecule has 7 heteroatoms. The van der Waals surface area contributed by atoms with Gasteiger partial charge in [-0.1, -0.05) is 18.0 Å². The Hall–Kier alpha value is -1.44. The van der Waals surface area contributed by atoms with Gasteiger partial charge in [0.2, 0.25) is 0 Å². The molecule has 6 nitrogen and oxygen atoms in total. The first-order valence-corrected chi connectivity index (χ1v) is 6.88. The van der Waals surface area contributed by atoms with Gasteiger partial charge in [-0.2, -0.15) is 0 Å². The van der Waals surface area contributed by atoms with Crippen LogP contribution in [0.25, 0.3) is 0 Å². The molecule has 19 heavy (non-hydrogen) atoms. The number of fused-ring (bicyclic) bond motifs is 1. The van der Waals surface area contributed by atoms with Gasteiger partial charge in [-0.05, 0) is 12.1 Å². The first-order valence-electron chi connectivity index (χ1n) is 6.00. The molecule has 0 aliphatic carbocycles. The molecule has 1 aromatic heterocycles. The average molecular weight is 279 g/mol. The molecule has 2 saturated heterocycles. The Morgan fingerprint density at radius 3 is 3.00 bits per heavy atom. The molecule has 0 amide bonds. The Labute approximate surface area is 114 Å². The summed E-state index contributed by atoms with van der Waals surface area (Å²) in [6, 6.07) is 5.45. The Morgan fingerprint density at radius 2 is 2.32 bits per heavy atom. The lowest BCUT2D eigenvalue weighted by Gasteiger charge is -2.30. The van der Waals surface area contributed by atoms with Crippen molar-refractivity contribution in [1.82, 2.24) is 15.0 Å². The number of hydrogen-bond acceptors (Lipinski definition) is 6. The predicted molar refractivity (Wildman–Crippen MR) is 69.4 cm³/mol. The van der Waals surface area contributed by atoms with Gasteiger partial charge in [-0.15, -0.1) is 0 Å². The van der Waals surface area contributed by atoms with E-state index in [1.165, 1.54) is 11.9 Å². The summed E-state index contributed by atoms with van der Waals surface area (Å²) in [6.45, 7) is 0.181. The van der Waals surface area contributed by atoms with Crippen molar-refractivity contribution in [2.24, 2.45) is 5.92 Å². The second-order valence-corrected chi connectivity index (χ2v) is 5.60. The predicted octanol–water partition coefficient (Wildman–Crippen LogP) is -0.0156. The zero-order valence-corrected chi connectivity index (χ0v) is 10.8. The van der Waals surface area contributed by atoms with Crippen molar-refractivity contribution in [3.8, 4) is 0 Å². The molecule has 2 aliphatic rings. The van der Waals surface area contributed by atoms with Crippen molar-refractivity contribution in [3.05, 3.63) is 30.1 Å². The number of carboxylic acid groups (broad SMARTS) is 1. The van der Waals surface area contributed by atoms with Crippen LogP contribution in [0.3, 0.4) is 0 Å². The molecule has 0 bridgehead atoms. The second-order valence-electron chi connectivity index (χ2n) is 4.62. The van der Waals surface area contributed by atoms with Crippen LogP contribution < -0.4 is 10.0 Å². The maximum Gasteiger partial charge on any atom is 0.315 e. The third kappa shape index (κ3) is 2.13. The number of rotatable bonds is 2. The van der Waals surface area contributed by atoms with Gasteiger partial charge < -0.3 is 10.4 Å². The van der Waals surface area contributed by atoms with Crippen LogP contribution >= 0.6 is 11.9 Å². The molecule has 1 aromatic rings. The van der Waals surface area contributed by atoms with Gasteiger partial charge in [0, 0.05) is 18.8 Å². The van der Waals surface area contributed by atoms with Crippen molar-refractivity contribution in [2.45, 2.75) is 17.3 Å². The lowest BCUT2D eigenvalue weighted by molar-refractivity contribution is -0.147. The summed E-state index contributed by atoms with van der Waals surface area (Å²) < 4.78 is 3.18. The highest BCUT2D eigenvalue weighted by Crippen LogP contribution is 2.36. The van der Waals surface area contributed by atoms with E-state index >= 15 is 0 Å². The van der Waals surface area contributed by atoms with E-state index < -0.39 is 11.9 Å². The highest BCUT2D eigenvalue weighted by molar-refractivity contribution is 7.99. The molecule has 4 unspecified atom stereocenters. The molecule has 0 spiro atoms. The van der Waals surface area contributed by atoms with E-state index in [2.05, 4.69) is 15.0 Å². The van der Waals surface area contributed by atoms with Crippen molar-refractivity contribution in [1.29, 1.82) is 0 Å². The zero-order chi connectivity index (χ0) is 13.4. The summed E-state index contributed by atoms with van der Waals surface area (Å²) in [7, 11) is 0. The van der Waals surface area contributed by atoms with Gasteiger partial charge in [-0.25, -0.2) is 0 Å². The van der Waals surface area contributed by atoms with E-state index in [4.69, 9.17) is 5.11 Å². The van der Waals surface area contributed by atoms with Gasteiger partial charge in [0.1, 0.15) is 5.92 Å². The molecule has 100 valence electrons. The fourth-order valence-electron chi connectivity index (χ4n) is 2.49. The summed E-state index contributed by atoms with van der Waals surface area (Å²) in [5.41, 5.74) is 0.858. The van der Waals surface area contributed by atoms with E-state index in [0.29, 0.717) is 0 Å². The fourth-order valence-corrected chi connectivity index (χ4v) is 3.74. The molecule has 4 atom stereocenters. The van der Waals surface area contributed by atoms with Crippen LogP contribution in [0.15, 0.2) is 24.4 Å². The van der Waals surface area contributed by atoms with Crippen LogP contribution in [0.1, 0.15) is 11.7 Å². The third-order valence-electron chi connectivity index (χ3n) is 3.49. The monoisotopic (exact) mass is 279 g/mol. The van der Waals surface area contributed by atoms with E-state index in [1.54, 1.807) is 6.20 Å². The van der Waals surface area contributed by atoms with Gasteiger partial charge in [0.15, 0.2) is 5.78 Å². The molecular weight excluding hydrogens is 266 g/mol. The number of Topliss-reactive ketones (excluding diaryl/α,β-unsaturated/α-hetero) is 1. The highest BCUT2D eigenvalue weighted by atomic mass is 32.2. The van der Waals surface area contributed by atoms with Crippen molar-refractivity contribution >= 4 is 23.7 Å². The van der Waals surface area contributed by atoms with E-state index in [1.807, 2.05) is 18.2 Å². The first-order chi connectivity index (χ1) is 9.18. The molecule has 0 saturated carbocycles. The number of carbonyl (C=O) groups excluding carboxylic acids is 1. The van der Waals surface area contributed by atoms with Crippen molar-refractivity contribution < 1.29 is 14.7 Å². The van der Waals surface area contributed by atoms with Gasteiger partial charge in [0.25, 0.3) is 0 Å². The topological polar surface area (TPSA) is 91.3 Å². The largest absolute Gasteiger partial charge is 0.481 e. The maximum absolute atomic E-state index is 12.1. The van der Waals surface area contributed by atoms with Crippen LogP contribution in [0, 0.1) is 5.92 Å². The van der Waals surface area contributed by atoms with Crippen LogP contribution in [0.2, 0.25) is 0 Å². The quantitative estimate of drug-likeness (QED) is 0.518. The minimum atomic E-state index is -1.06. The molecule has 2 aliphatic heterocycles. The zero-order valence-electron chi connectivity index (χ0n) is 9.95. The van der Waals surface area contributed by atoms with Crippen molar-refractivity contribution in [3.63, 3.8) is 0 Å². The number of piperidine rings is 1. The van der Waals surface area contributed by atoms with E-state index in [9.17, 15) is 9.59 Å². The van der Waals surface area contributed by atoms with Gasteiger partial charge in [-0.3, -0.25) is 19.3 Å². The molecule has 3 rings (SSSR count). The average Bonchev–Trinajstić information content (AvgIpc) is 2.84.